The van der Waals surface area contributed by atoms with Crippen LogP contribution in [0.15, 0.2) is 48.5 Å². The van der Waals surface area contributed by atoms with E-state index in [0.717, 1.165) is 12.8 Å². The number of ketones is 2. The Labute approximate surface area is 155 Å². The first-order valence-corrected chi connectivity index (χ1v) is 8.93. The van der Waals surface area contributed by atoms with Crippen molar-refractivity contribution in [2.24, 2.45) is 0 Å². The molecular weight excluding hydrogens is 352 g/mol. The summed E-state index contributed by atoms with van der Waals surface area (Å²) in [7, 11) is 0. The molecule has 2 aromatic carbocycles. The molecule has 1 heterocycles. The molecule has 5 nitrogen and oxygen atoms in total. The van der Waals surface area contributed by atoms with Gasteiger partial charge in [-0.05, 0) is 31.0 Å². The molecule has 1 saturated heterocycles. The van der Waals surface area contributed by atoms with Crippen molar-refractivity contribution >= 4 is 29.1 Å². The van der Waals surface area contributed by atoms with Gasteiger partial charge in [0.2, 0.25) is 17.2 Å². The highest BCUT2D eigenvalue weighted by molar-refractivity contribution is 6.34. The molecule has 0 aromatic heterocycles. The number of nitrogens with zero attached hydrogens (tertiary/aromatic N) is 1. The van der Waals surface area contributed by atoms with Crippen molar-refractivity contribution in [1.29, 1.82) is 0 Å². The minimum atomic E-state index is -1.67. The van der Waals surface area contributed by atoms with Crippen LogP contribution in [0.1, 0.15) is 43.9 Å². The molecule has 2 aromatic rings. The van der Waals surface area contributed by atoms with Crippen LogP contribution in [-0.4, -0.2) is 41.1 Å². The van der Waals surface area contributed by atoms with Crippen LogP contribution in [0.2, 0.25) is 5.02 Å². The van der Waals surface area contributed by atoms with Crippen LogP contribution in [0.5, 0.6) is 0 Å². The SMILES string of the molecule is O=C(NC1(N2CCCC2)C(=O)c2ccccc2C1=O)c1cccc(Cl)c1. The third-order valence-electron chi connectivity index (χ3n) is 5.04. The number of halogens is 1. The van der Waals surface area contributed by atoms with Gasteiger partial charge in [0, 0.05) is 34.8 Å². The molecule has 6 heteroatoms. The van der Waals surface area contributed by atoms with E-state index in [1.54, 1.807) is 47.4 Å². The fraction of sp³-hybridized carbons (Fsp3) is 0.250. The van der Waals surface area contributed by atoms with Crippen molar-refractivity contribution in [3.05, 3.63) is 70.2 Å². The third-order valence-corrected chi connectivity index (χ3v) is 5.27. The molecule has 4 rings (SSSR count). The number of fused-ring (bicyclic) bond motifs is 1. The summed E-state index contributed by atoms with van der Waals surface area (Å²) in [4.78, 5) is 41.1. The average molecular weight is 369 g/mol. The highest BCUT2D eigenvalue weighted by atomic mass is 35.5. The van der Waals surface area contributed by atoms with Crippen LogP contribution in [0.25, 0.3) is 0 Å². The van der Waals surface area contributed by atoms with Gasteiger partial charge in [-0.3, -0.25) is 19.3 Å². The number of hydrogen-bond acceptors (Lipinski definition) is 4. The Morgan fingerprint density at radius 1 is 0.962 bits per heavy atom. The second kappa shape index (κ2) is 6.34. The van der Waals surface area contributed by atoms with Crippen LogP contribution in [0, 0.1) is 0 Å². The smallest absolute Gasteiger partial charge is 0.253 e. The molecule has 0 saturated carbocycles. The lowest BCUT2D eigenvalue weighted by Crippen LogP contribution is -2.66. The zero-order valence-electron chi connectivity index (χ0n) is 14.0. The number of nitrogens with one attached hydrogen (secondary N) is 1. The van der Waals surface area contributed by atoms with Gasteiger partial charge >= 0.3 is 0 Å². The molecule has 0 radical (unpaired) electrons. The maximum atomic E-state index is 13.2. The standard InChI is InChI=1S/C20H17ClN2O3/c21-14-7-5-6-13(12-14)19(26)22-20(23-10-3-4-11-23)17(24)15-8-1-2-9-16(15)18(20)25/h1-2,5-9,12H,3-4,10-11H2,(H,22,26). The lowest BCUT2D eigenvalue weighted by molar-refractivity contribution is 0.0420. The Morgan fingerprint density at radius 3 is 2.15 bits per heavy atom. The van der Waals surface area contributed by atoms with Crippen LogP contribution in [-0.2, 0) is 0 Å². The summed E-state index contributed by atoms with van der Waals surface area (Å²) in [5.41, 5.74) is -0.640. The van der Waals surface area contributed by atoms with Gasteiger partial charge < -0.3 is 5.32 Å². The maximum absolute atomic E-state index is 13.2. The topological polar surface area (TPSA) is 66.5 Å². The van der Waals surface area contributed by atoms with Crippen LogP contribution >= 0.6 is 11.6 Å². The normalized spacial score (nSPS) is 18.8. The molecule has 1 fully saturated rings. The van der Waals surface area contributed by atoms with Crippen molar-refractivity contribution in [2.75, 3.05) is 13.1 Å². The number of Topliss-reactive ketones (excluding diaryl/α,β-unsaturated/α-hetero) is 2. The van der Waals surface area contributed by atoms with E-state index in [4.69, 9.17) is 11.6 Å². The molecule has 1 aliphatic heterocycles. The van der Waals surface area contributed by atoms with E-state index in [-0.39, 0.29) is 11.6 Å². The van der Waals surface area contributed by atoms with E-state index in [2.05, 4.69) is 5.32 Å². The minimum absolute atomic E-state index is 0.313. The largest absolute Gasteiger partial charge is 0.320 e. The Hall–Kier alpha value is -2.50. The number of carbonyl (C=O) groups excluding carboxylic acids is 3. The lowest BCUT2D eigenvalue weighted by atomic mass is 10.0. The van der Waals surface area contributed by atoms with E-state index >= 15 is 0 Å². The molecule has 0 bridgehead atoms. The van der Waals surface area contributed by atoms with Crippen LogP contribution < -0.4 is 5.32 Å². The quantitative estimate of drug-likeness (QED) is 0.846. The van der Waals surface area contributed by atoms with Crippen molar-refractivity contribution in [3.8, 4) is 0 Å². The summed E-state index contributed by atoms with van der Waals surface area (Å²) >= 11 is 5.97. The monoisotopic (exact) mass is 368 g/mol. The number of hydrogen-bond donors (Lipinski definition) is 1. The molecule has 26 heavy (non-hydrogen) atoms. The molecule has 1 aliphatic carbocycles. The highest BCUT2D eigenvalue weighted by Crippen LogP contribution is 2.35. The Kier molecular flexibility index (Phi) is 4.13. The van der Waals surface area contributed by atoms with Crippen molar-refractivity contribution < 1.29 is 14.4 Å². The highest BCUT2D eigenvalue weighted by Gasteiger charge is 2.58. The summed E-state index contributed by atoms with van der Waals surface area (Å²) in [5.74, 6) is -1.22. The van der Waals surface area contributed by atoms with Gasteiger partial charge in [0.1, 0.15) is 0 Å². The van der Waals surface area contributed by atoms with E-state index in [1.807, 2.05) is 0 Å². The summed E-state index contributed by atoms with van der Waals surface area (Å²) < 4.78 is 0. The molecule has 0 spiro atoms. The second-order valence-electron chi connectivity index (χ2n) is 6.57. The molecule has 1 amide bonds. The Bertz CT molecular complexity index is 884. The first-order chi connectivity index (χ1) is 12.5. The Balaban J connectivity index is 1.78. The first-order valence-electron chi connectivity index (χ1n) is 8.56. The zero-order chi connectivity index (χ0) is 18.3. The summed E-state index contributed by atoms with van der Waals surface area (Å²) in [6.45, 7) is 1.17. The molecule has 0 unspecified atom stereocenters. The van der Waals surface area contributed by atoms with E-state index in [0.29, 0.717) is 34.8 Å². The van der Waals surface area contributed by atoms with Gasteiger partial charge in [0.05, 0.1) is 0 Å². The fourth-order valence-electron chi connectivity index (χ4n) is 3.77. The zero-order valence-corrected chi connectivity index (χ0v) is 14.8. The van der Waals surface area contributed by atoms with Gasteiger partial charge in [0.15, 0.2) is 0 Å². The number of carbonyl (C=O) groups is 3. The van der Waals surface area contributed by atoms with E-state index in [9.17, 15) is 14.4 Å². The van der Waals surface area contributed by atoms with E-state index < -0.39 is 11.6 Å². The number of likely N-dealkylation sites (tertiary alicyclic amines) is 1. The van der Waals surface area contributed by atoms with Crippen molar-refractivity contribution in [1.82, 2.24) is 10.2 Å². The predicted octanol–water partition coefficient (Wildman–Crippen LogP) is 2.94. The van der Waals surface area contributed by atoms with Gasteiger partial charge in [0.25, 0.3) is 5.91 Å². The van der Waals surface area contributed by atoms with Gasteiger partial charge in [-0.1, -0.05) is 41.9 Å². The van der Waals surface area contributed by atoms with Gasteiger partial charge in [-0.2, -0.15) is 0 Å². The van der Waals surface area contributed by atoms with Gasteiger partial charge in [-0.15, -0.1) is 0 Å². The molecule has 132 valence electrons. The third kappa shape index (κ3) is 2.47. The number of amides is 1. The van der Waals surface area contributed by atoms with Crippen LogP contribution in [0.3, 0.4) is 0 Å². The predicted molar refractivity (Wildman–Crippen MR) is 97.6 cm³/mol. The summed E-state index contributed by atoms with van der Waals surface area (Å²) in [6.07, 6.45) is 1.76. The molecule has 0 atom stereocenters. The summed E-state index contributed by atoms with van der Waals surface area (Å²) in [5, 5.41) is 3.17. The maximum Gasteiger partial charge on any atom is 0.253 e. The number of benzene rings is 2. The second-order valence-corrected chi connectivity index (χ2v) is 7.01. The van der Waals surface area contributed by atoms with E-state index in [1.165, 1.54) is 6.07 Å². The van der Waals surface area contributed by atoms with Crippen LogP contribution in [0.4, 0.5) is 0 Å². The molecular formula is C20H17ClN2O3. The number of rotatable bonds is 3. The molecule has 2 aliphatic rings. The van der Waals surface area contributed by atoms with Crippen molar-refractivity contribution in [3.63, 3.8) is 0 Å². The Morgan fingerprint density at radius 2 is 1.58 bits per heavy atom. The summed E-state index contributed by atoms with van der Waals surface area (Å²) in [6, 6.07) is 13.2. The van der Waals surface area contributed by atoms with Gasteiger partial charge in [-0.25, -0.2) is 0 Å². The lowest BCUT2D eigenvalue weighted by Gasteiger charge is -2.36. The van der Waals surface area contributed by atoms with Crippen molar-refractivity contribution in [2.45, 2.75) is 18.5 Å². The molecule has 1 N–H and O–H groups in total. The minimum Gasteiger partial charge on any atom is -0.320 e. The average Bonchev–Trinajstić information content (AvgIpc) is 3.25. The first kappa shape index (κ1) is 16.9. The fourth-order valence-corrected chi connectivity index (χ4v) is 3.96.